The van der Waals surface area contributed by atoms with Crippen molar-refractivity contribution < 1.29 is 29.1 Å². The summed E-state index contributed by atoms with van der Waals surface area (Å²) in [5, 5.41) is 0. The molecule has 148 valence electrons. The molecule has 0 heterocycles. The van der Waals surface area contributed by atoms with E-state index in [1.165, 1.54) is 0 Å². The number of hydrogen-bond donors (Lipinski definition) is 0. The summed E-state index contributed by atoms with van der Waals surface area (Å²) in [6.45, 7) is 14.9. The molecule has 6 heteroatoms. The average Bonchev–Trinajstić information content (AvgIpc) is 2.52. The summed E-state index contributed by atoms with van der Waals surface area (Å²) in [6.07, 6.45) is 3.20. The van der Waals surface area contributed by atoms with Crippen LogP contribution in [0.4, 0.5) is 0 Å². The van der Waals surface area contributed by atoms with Gasteiger partial charge in [-0.1, -0.05) is 27.7 Å². The molecule has 0 fully saturated rings. The summed E-state index contributed by atoms with van der Waals surface area (Å²) in [7, 11) is 0. The first-order chi connectivity index (χ1) is 11.5. The summed E-state index contributed by atoms with van der Waals surface area (Å²) >= 11 is 0. The standard InChI is InChI=1S/C19H36O6/c1-9-14(10-2)16(20)22-24-18(5,6)13-19(7,8)25-23-17(21)15(11-3)12-4/h14-15H,9-13H2,1-8H3. The van der Waals surface area contributed by atoms with Gasteiger partial charge in [0.1, 0.15) is 11.2 Å². The molecule has 25 heavy (non-hydrogen) atoms. The van der Waals surface area contributed by atoms with Crippen LogP contribution in [0, 0.1) is 11.8 Å². The van der Waals surface area contributed by atoms with E-state index < -0.39 is 11.2 Å². The largest absolute Gasteiger partial charge is 0.345 e. The Morgan fingerprint density at radius 1 is 0.680 bits per heavy atom. The van der Waals surface area contributed by atoms with Crippen molar-refractivity contribution in [1.82, 2.24) is 0 Å². The second kappa shape index (κ2) is 10.8. The van der Waals surface area contributed by atoms with Crippen LogP contribution in [0.3, 0.4) is 0 Å². The number of rotatable bonds is 12. The molecule has 0 atom stereocenters. The molecule has 0 aliphatic carbocycles. The van der Waals surface area contributed by atoms with E-state index in [-0.39, 0.29) is 23.8 Å². The fourth-order valence-electron chi connectivity index (χ4n) is 2.77. The summed E-state index contributed by atoms with van der Waals surface area (Å²) in [4.78, 5) is 44.5. The second-order valence-electron chi connectivity index (χ2n) is 7.69. The zero-order chi connectivity index (χ0) is 19.7. The van der Waals surface area contributed by atoms with Gasteiger partial charge < -0.3 is 0 Å². The van der Waals surface area contributed by atoms with E-state index in [1.54, 1.807) is 27.7 Å². The highest BCUT2D eigenvalue weighted by Crippen LogP contribution is 2.28. The first-order valence-corrected chi connectivity index (χ1v) is 9.30. The molecule has 0 bridgehead atoms. The third-order valence-electron chi connectivity index (χ3n) is 4.19. The number of carbonyl (C=O) groups excluding carboxylic acids is 2. The molecule has 0 aromatic carbocycles. The van der Waals surface area contributed by atoms with E-state index in [0.29, 0.717) is 32.1 Å². The molecule has 0 N–H and O–H groups in total. The van der Waals surface area contributed by atoms with Crippen LogP contribution in [0.5, 0.6) is 0 Å². The fraction of sp³-hybridized carbons (Fsp3) is 0.895. The van der Waals surface area contributed by atoms with E-state index in [0.717, 1.165) is 0 Å². The van der Waals surface area contributed by atoms with E-state index in [9.17, 15) is 9.59 Å². The van der Waals surface area contributed by atoms with Crippen LogP contribution >= 0.6 is 0 Å². The Morgan fingerprint density at radius 2 is 0.960 bits per heavy atom. The van der Waals surface area contributed by atoms with E-state index in [4.69, 9.17) is 19.6 Å². The Kier molecular flexibility index (Phi) is 10.3. The SMILES string of the molecule is CCC(CC)C(=O)OOC(C)(C)CC(C)(C)OOC(=O)C(CC)CC. The Balaban J connectivity index is 4.54. The van der Waals surface area contributed by atoms with E-state index >= 15 is 0 Å². The molecule has 0 rings (SSSR count). The van der Waals surface area contributed by atoms with Gasteiger partial charge in [-0.25, -0.2) is 9.59 Å². The predicted octanol–water partition coefficient (Wildman–Crippen LogP) is 4.76. The summed E-state index contributed by atoms with van der Waals surface area (Å²) < 4.78 is 0. The van der Waals surface area contributed by atoms with Gasteiger partial charge in [-0.2, -0.15) is 9.78 Å². The van der Waals surface area contributed by atoms with Gasteiger partial charge in [0.05, 0.1) is 11.8 Å². The quantitative estimate of drug-likeness (QED) is 0.369. The molecule has 0 radical (unpaired) electrons. The zero-order valence-electron chi connectivity index (χ0n) is 17.1. The van der Waals surface area contributed by atoms with E-state index in [2.05, 4.69) is 0 Å². The molecule has 0 unspecified atom stereocenters. The van der Waals surface area contributed by atoms with Gasteiger partial charge in [0.15, 0.2) is 0 Å². The first kappa shape index (κ1) is 23.9. The highest BCUT2D eigenvalue weighted by atomic mass is 17.2. The van der Waals surface area contributed by atoms with Crippen molar-refractivity contribution in [2.75, 3.05) is 0 Å². The molecule has 0 saturated carbocycles. The Hall–Kier alpha value is -1.14. The average molecular weight is 360 g/mol. The normalized spacial score (nSPS) is 12.6. The van der Waals surface area contributed by atoms with Crippen molar-refractivity contribution in [2.24, 2.45) is 11.8 Å². The van der Waals surface area contributed by atoms with Crippen LogP contribution in [-0.4, -0.2) is 23.1 Å². The van der Waals surface area contributed by atoms with Crippen LogP contribution in [0.15, 0.2) is 0 Å². The second-order valence-corrected chi connectivity index (χ2v) is 7.69. The topological polar surface area (TPSA) is 71.1 Å². The molecule has 0 saturated heterocycles. The lowest BCUT2D eigenvalue weighted by Gasteiger charge is -2.32. The Morgan fingerprint density at radius 3 is 1.20 bits per heavy atom. The lowest BCUT2D eigenvalue weighted by atomic mass is 9.93. The maximum atomic E-state index is 11.9. The Bertz CT molecular complexity index is 370. The molecule has 0 aliphatic heterocycles. The maximum Gasteiger partial charge on any atom is 0.345 e. The van der Waals surface area contributed by atoms with Crippen molar-refractivity contribution in [2.45, 2.75) is 98.7 Å². The predicted molar refractivity (Wildman–Crippen MR) is 95.3 cm³/mol. The van der Waals surface area contributed by atoms with Crippen LogP contribution < -0.4 is 0 Å². The van der Waals surface area contributed by atoms with Crippen molar-refractivity contribution >= 4 is 11.9 Å². The van der Waals surface area contributed by atoms with Gasteiger partial charge in [0, 0.05) is 6.42 Å². The lowest BCUT2D eigenvalue weighted by molar-refractivity contribution is -0.363. The fourth-order valence-corrected chi connectivity index (χ4v) is 2.77. The van der Waals surface area contributed by atoms with Crippen molar-refractivity contribution in [3.63, 3.8) is 0 Å². The molecular formula is C19H36O6. The highest BCUT2D eigenvalue weighted by molar-refractivity contribution is 5.72. The van der Waals surface area contributed by atoms with Gasteiger partial charge in [-0.15, -0.1) is 0 Å². The minimum Gasteiger partial charge on any atom is -0.298 e. The van der Waals surface area contributed by atoms with Crippen molar-refractivity contribution in [3.05, 3.63) is 0 Å². The smallest absolute Gasteiger partial charge is 0.298 e. The van der Waals surface area contributed by atoms with Crippen molar-refractivity contribution in [3.8, 4) is 0 Å². The third kappa shape index (κ3) is 9.21. The summed E-state index contributed by atoms with van der Waals surface area (Å²) in [5.74, 6) is -1.06. The molecule has 0 aromatic rings. The molecular weight excluding hydrogens is 324 g/mol. The number of carbonyl (C=O) groups is 2. The van der Waals surface area contributed by atoms with Crippen LogP contribution in [0.25, 0.3) is 0 Å². The maximum absolute atomic E-state index is 11.9. The third-order valence-corrected chi connectivity index (χ3v) is 4.19. The van der Waals surface area contributed by atoms with Gasteiger partial charge in [0.25, 0.3) is 0 Å². The van der Waals surface area contributed by atoms with Crippen molar-refractivity contribution in [1.29, 1.82) is 0 Å². The molecule has 0 aliphatic rings. The monoisotopic (exact) mass is 360 g/mol. The van der Waals surface area contributed by atoms with E-state index in [1.807, 2.05) is 27.7 Å². The Labute approximate surface area is 152 Å². The number of hydrogen-bond acceptors (Lipinski definition) is 6. The van der Waals surface area contributed by atoms with Gasteiger partial charge >= 0.3 is 11.9 Å². The minimum absolute atomic E-state index is 0.166. The zero-order valence-corrected chi connectivity index (χ0v) is 17.1. The van der Waals surface area contributed by atoms with Gasteiger partial charge in [-0.05, 0) is 53.4 Å². The first-order valence-electron chi connectivity index (χ1n) is 9.30. The molecule has 0 amide bonds. The molecule has 0 spiro atoms. The molecule has 0 aromatic heterocycles. The van der Waals surface area contributed by atoms with Crippen LogP contribution in [0.1, 0.15) is 87.5 Å². The summed E-state index contributed by atoms with van der Waals surface area (Å²) in [5.41, 5.74) is -1.57. The molecule has 6 nitrogen and oxygen atoms in total. The van der Waals surface area contributed by atoms with Crippen LogP contribution in [0.2, 0.25) is 0 Å². The van der Waals surface area contributed by atoms with Gasteiger partial charge in [-0.3, -0.25) is 9.78 Å². The highest BCUT2D eigenvalue weighted by Gasteiger charge is 2.35. The van der Waals surface area contributed by atoms with Crippen LogP contribution in [-0.2, 0) is 29.1 Å². The van der Waals surface area contributed by atoms with Gasteiger partial charge in [0.2, 0.25) is 0 Å². The lowest BCUT2D eigenvalue weighted by Crippen LogP contribution is -2.39. The summed E-state index contributed by atoms with van der Waals surface area (Å²) in [6, 6.07) is 0. The minimum atomic E-state index is -0.785.